The number of aromatic nitrogens is 1. The molecule has 2 aliphatic heterocycles. The van der Waals surface area contributed by atoms with E-state index in [1.165, 1.54) is 12.3 Å². The van der Waals surface area contributed by atoms with Crippen molar-refractivity contribution in [2.45, 2.75) is 0 Å². The van der Waals surface area contributed by atoms with Gasteiger partial charge in [0, 0.05) is 32.4 Å². The first-order valence-electron chi connectivity index (χ1n) is 6.22. The van der Waals surface area contributed by atoms with Crippen molar-refractivity contribution < 1.29 is 9.18 Å². The molecule has 96 valence electrons. The molecule has 2 unspecified atom stereocenters. The third-order valence-corrected chi connectivity index (χ3v) is 3.96. The van der Waals surface area contributed by atoms with Gasteiger partial charge in [-0.1, -0.05) is 0 Å². The van der Waals surface area contributed by atoms with E-state index in [0.29, 0.717) is 11.8 Å². The van der Waals surface area contributed by atoms with Gasteiger partial charge in [-0.15, -0.1) is 0 Å². The fourth-order valence-corrected chi connectivity index (χ4v) is 3.11. The summed E-state index contributed by atoms with van der Waals surface area (Å²) in [6.07, 6.45) is 2.55. The van der Waals surface area contributed by atoms with Crippen molar-refractivity contribution in [1.29, 1.82) is 0 Å². The van der Waals surface area contributed by atoms with Gasteiger partial charge in [-0.3, -0.25) is 9.78 Å². The molecule has 0 aliphatic carbocycles. The summed E-state index contributed by atoms with van der Waals surface area (Å²) < 4.78 is 13.5. The maximum absolute atomic E-state index is 13.5. The standard InChI is InChI=1S/C13H16FN3O/c1-16-5-9-7-17(8-10(9)6-16)13(18)11-2-3-15-4-12(11)14/h2-4,9-10H,5-8H2,1H3. The normalized spacial score (nSPS) is 27.6. The largest absolute Gasteiger partial charge is 0.338 e. The van der Waals surface area contributed by atoms with E-state index >= 15 is 0 Å². The van der Waals surface area contributed by atoms with Crippen molar-refractivity contribution in [2.75, 3.05) is 33.2 Å². The van der Waals surface area contributed by atoms with E-state index in [9.17, 15) is 9.18 Å². The van der Waals surface area contributed by atoms with E-state index in [4.69, 9.17) is 0 Å². The smallest absolute Gasteiger partial charge is 0.256 e. The molecule has 2 fully saturated rings. The van der Waals surface area contributed by atoms with Gasteiger partial charge in [0.25, 0.3) is 5.91 Å². The molecule has 2 saturated heterocycles. The maximum Gasteiger partial charge on any atom is 0.256 e. The molecule has 0 spiro atoms. The quantitative estimate of drug-likeness (QED) is 0.740. The Kier molecular flexibility index (Phi) is 2.78. The number of amides is 1. The first-order chi connectivity index (χ1) is 8.65. The highest BCUT2D eigenvalue weighted by Crippen LogP contribution is 2.31. The summed E-state index contributed by atoms with van der Waals surface area (Å²) in [5, 5.41) is 0. The average Bonchev–Trinajstić information content (AvgIpc) is 2.85. The second kappa shape index (κ2) is 4.31. The van der Waals surface area contributed by atoms with Crippen LogP contribution in [0.5, 0.6) is 0 Å². The van der Waals surface area contributed by atoms with Crippen LogP contribution in [0.15, 0.2) is 18.5 Å². The molecule has 1 aromatic heterocycles. The third-order valence-electron chi connectivity index (χ3n) is 3.96. The van der Waals surface area contributed by atoms with Crippen LogP contribution >= 0.6 is 0 Å². The zero-order valence-electron chi connectivity index (χ0n) is 10.3. The van der Waals surface area contributed by atoms with Crippen LogP contribution < -0.4 is 0 Å². The van der Waals surface area contributed by atoms with Gasteiger partial charge in [-0.2, -0.15) is 0 Å². The Balaban J connectivity index is 1.74. The van der Waals surface area contributed by atoms with Gasteiger partial charge in [-0.05, 0) is 24.9 Å². The molecule has 5 heteroatoms. The van der Waals surface area contributed by atoms with Crippen molar-refractivity contribution in [2.24, 2.45) is 11.8 Å². The number of rotatable bonds is 1. The summed E-state index contributed by atoms with van der Waals surface area (Å²) in [6.45, 7) is 3.56. The van der Waals surface area contributed by atoms with Crippen molar-refractivity contribution in [1.82, 2.24) is 14.8 Å². The van der Waals surface area contributed by atoms with Crippen molar-refractivity contribution in [3.8, 4) is 0 Å². The minimum absolute atomic E-state index is 0.137. The highest BCUT2D eigenvalue weighted by Gasteiger charge is 2.40. The Bertz CT molecular complexity index is 465. The van der Waals surface area contributed by atoms with Crippen molar-refractivity contribution in [3.63, 3.8) is 0 Å². The molecule has 0 saturated carbocycles. The molecule has 2 aliphatic rings. The summed E-state index contributed by atoms with van der Waals surface area (Å²) in [5.41, 5.74) is 0.137. The molecule has 4 nitrogen and oxygen atoms in total. The molecule has 1 aromatic rings. The van der Waals surface area contributed by atoms with Crippen LogP contribution in [0.2, 0.25) is 0 Å². The molecule has 0 bridgehead atoms. The number of carbonyl (C=O) groups excluding carboxylic acids is 1. The van der Waals surface area contributed by atoms with E-state index < -0.39 is 5.82 Å². The topological polar surface area (TPSA) is 36.4 Å². The monoisotopic (exact) mass is 249 g/mol. The van der Waals surface area contributed by atoms with Crippen LogP contribution in [-0.4, -0.2) is 53.9 Å². The van der Waals surface area contributed by atoms with Crippen LogP contribution in [0, 0.1) is 17.7 Å². The first-order valence-corrected chi connectivity index (χ1v) is 6.22. The third kappa shape index (κ3) is 1.88. The number of fused-ring (bicyclic) bond motifs is 1. The van der Waals surface area contributed by atoms with Gasteiger partial charge >= 0.3 is 0 Å². The van der Waals surface area contributed by atoms with Gasteiger partial charge in [0.15, 0.2) is 5.82 Å². The lowest BCUT2D eigenvalue weighted by molar-refractivity contribution is 0.0771. The minimum Gasteiger partial charge on any atom is -0.338 e. The lowest BCUT2D eigenvalue weighted by Gasteiger charge is -2.19. The van der Waals surface area contributed by atoms with Gasteiger partial charge in [-0.25, -0.2) is 4.39 Å². The van der Waals surface area contributed by atoms with Crippen molar-refractivity contribution >= 4 is 5.91 Å². The number of pyridine rings is 1. The Morgan fingerprint density at radius 1 is 1.33 bits per heavy atom. The lowest BCUT2D eigenvalue weighted by Crippen LogP contribution is -2.32. The van der Waals surface area contributed by atoms with E-state index in [2.05, 4.69) is 16.9 Å². The Hall–Kier alpha value is -1.49. The number of halogens is 1. The molecule has 0 radical (unpaired) electrons. The second-order valence-electron chi connectivity index (χ2n) is 5.31. The Morgan fingerprint density at radius 2 is 2.00 bits per heavy atom. The summed E-state index contributed by atoms with van der Waals surface area (Å²) in [6, 6.07) is 1.46. The van der Waals surface area contributed by atoms with Gasteiger partial charge in [0.05, 0.1) is 11.8 Å². The molecular weight excluding hydrogens is 233 g/mol. The average molecular weight is 249 g/mol. The number of carbonyl (C=O) groups is 1. The molecule has 3 rings (SSSR count). The number of likely N-dealkylation sites (tertiary alicyclic amines) is 2. The molecule has 2 atom stereocenters. The molecule has 0 N–H and O–H groups in total. The lowest BCUT2D eigenvalue weighted by atomic mass is 10.0. The van der Waals surface area contributed by atoms with Gasteiger partial charge < -0.3 is 9.80 Å². The summed E-state index contributed by atoms with van der Waals surface area (Å²) in [4.78, 5) is 20.0. The Labute approximate surface area is 105 Å². The predicted octanol–water partition coefficient (Wildman–Crippen LogP) is 0.854. The molecule has 1 amide bonds. The zero-order chi connectivity index (χ0) is 12.7. The first kappa shape index (κ1) is 11.6. The van der Waals surface area contributed by atoms with Crippen molar-refractivity contribution in [3.05, 3.63) is 29.8 Å². The SMILES string of the molecule is CN1CC2CN(C(=O)c3ccncc3F)CC2C1. The Morgan fingerprint density at radius 3 is 2.61 bits per heavy atom. The van der Waals surface area contributed by atoms with Crippen LogP contribution in [-0.2, 0) is 0 Å². The maximum atomic E-state index is 13.5. The summed E-state index contributed by atoms with van der Waals surface area (Å²) in [5.74, 6) is 0.358. The number of hydrogen-bond donors (Lipinski definition) is 0. The predicted molar refractivity (Wildman–Crippen MR) is 64.6 cm³/mol. The fraction of sp³-hybridized carbons (Fsp3) is 0.538. The zero-order valence-corrected chi connectivity index (χ0v) is 10.3. The van der Waals surface area contributed by atoms with Crippen LogP contribution in [0.25, 0.3) is 0 Å². The minimum atomic E-state index is -0.531. The summed E-state index contributed by atoms with van der Waals surface area (Å²) in [7, 11) is 2.10. The van der Waals surface area contributed by atoms with E-state index in [-0.39, 0.29) is 11.5 Å². The fourth-order valence-electron chi connectivity index (χ4n) is 3.11. The molecular formula is C13H16FN3O. The van der Waals surface area contributed by atoms with E-state index in [1.807, 2.05) is 0 Å². The van der Waals surface area contributed by atoms with Crippen LogP contribution in [0.1, 0.15) is 10.4 Å². The number of nitrogens with zero attached hydrogens (tertiary/aromatic N) is 3. The number of hydrogen-bond acceptors (Lipinski definition) is 3. The van der Waals surface area contributed by atoms with E-state index in [1.54, 1.807) is 4.90 Å². The second-order valence-corrected chi connectivity index (χ2v) is 5.31. The van der Waals surface area contributed by atoms with Gasteiger partial charge in [0.1, 0.15) is 0 Å². The van der Waals surface area contributed by atoms with Crippen LogP contribution in [0.3, 0.4) is 0 Å². The molecule has 3 heterocycles. The summed E-state index contributed by atoms with van der Waals surface area (Å²) >= 11 is 0. The molecule has 18 heavy (non-hydrogen) atoms. The van der Waals surface area contributed by atoms with E-state index in [0.717, 1.165) is 32.4 Å². The van der Waals surface area contributed by atoms with Crippen LogP contribution in [0.4, 0.5) is 4.39 Å². The molecule has 0 aromatic carbocycles. The van der Waals surface area contributed by atoms with Gasteiger partial charge in [0.2, 0.25) is 0 Å². The highest BCUT2D eigenvalue weighted by molar-refractivity contribution is 5.94. The highest BCUT2D eigenvalue weighted by atomic mass is 19.1.